The Balaban J connectivity index is 2.44. The normalized spacial score (nSPS) is 28.1. The second kappa shape index (κ2) is 4.97. The van der Waals surface area contributed by atoms with Gasteiger partial charge >= 0.3 is 0 Å². The Hall–Kier alpha value is -1.08. The van der Waals surface area contributed by atoms with Crippen molar-refractivity contribution >= 4 is 5.91 Å². The smallest absolute Gasteiger partial charge is 0.237 e. The van der Waals surface area contributed by atoms with Crippen molar-refractivity contribution in [3.63, 3.8) is 0 Å². The number of carbonyl (C=O) groups excluding carboxylic acids is 1. The van der Waals surface area contributed by atoms with Crippen LogP contribution in [0.4, 0.5) is 0 Å². The summed E-state index contributed by atoms with van der Waals surface area (Å²) in [4.78, 5) is 11.4. The van der Waals surface area contributed by atoms with Gasteiger partial charge in [0.15, 0.2) is 0 Å². The zero-order chi connectivity index (χ0) is 10.6. The van der Waals surface area contributed by atoms with Gasteiger partial charge in [-0.25, -0.2) is 0 Å². The maximum absolute atomic E-state index is 11.4. The summed E-state index contributed by atoms with van der Waals surface area (Å²) in [6.45, 7) is 1.88. The van der Waals surface area contributed by atoms with Gasteiger partial charge in [-0.2, -0.15) is 5.26 Å². The molecule has 0 aromatic carbocycles. The van der Waals surface area contributed by atoms with Crippen molar-refractivity contribution in [3.8, 4) is 6.07 Å². The summed E-state index contributed by atoms with van der Waals surface area (Å²) in [6.07, 6.45) is 3.45. The molecular weight excluding hydrogens is 178 g/mol. The topological polar surface area (TPSA) is 78.9 Å². The lowest BCUT2D eigenvalue weighted by molar-refractivity contribution is -0.123. The number of rotatable bonds is 3. The van der Waals surface area contributed by atoms with Crippen LogP contribution in [0.2, 0.25) is 0 Å². The Kier molecular flexibility index (Phi) is 3.90. The van der Waals surface area contributed by atoms with Gasteiger partial charge in [0.05, 0.1) is 18.0 Å². The summed E-state index contributed by atoms with van der Waals surface area (Å²) in [5.41, 5.74) is 5.59. The maximum Gasteiger partial charge on any atom is 0.237 e. The van der Waals surface area contributed by atoms with Gasteiger partial charge in [0.25, 0.3) is 0 Å². The van der Waals surface area contributed by atoms with Crippen molar-refractivity contribution < 1.29 is 4.79 Å². The third-order valence-corrected chi connectivity index (χ3v) is 2.79. The van der Waals surface area contributed by atoms with Gasteiger partial charge in [-0.3, -0.25) is 4.79 Å². The molecule has 1 rings (SSSR count). The Morgan fingerprint density at radius 3 is 3.00 bits per heavy atom. The van der Waals surface area contributed by atoms with Crippen LogP contribution in [0.3, 0.4) is 0 Å². The molecule has 0 bridgehead atoms. The number of hydrogen-bond donors (Lipinski definition) is 2. The number of hydrogen-bond acceptors (Lipinski definition) is 3. The predicted octanol–water partition coefficient (Wildman–Crippen LogP) is 0.532. The SMILES string of the molecule is CC[C@H](N)C(=O)NC1CCCC1C#N. The highest BCUT2D eigenvalue weighted by atomic mass is 16.2. The molecule has 4 nitrogen and oxygen atoms in total. The van der Waals surface area contributed by atoms with Crippen LogP contribution < -0.4 is 11.1 Å². The number of nitriles is 1. The van der Waals surface area contributed by atoms with Crippen LogP contribution in [0.1, 0.15) is 32.6 Å². The molecule has 3 atom stereocenters. The second-order valence-corrected chi connectivity index (χ2v) is 3.80. The van der Waals surface area contributed by atoms with E-state index >= 15 is 0 Å². The third-order valence-electron chi connectivity index (χ3n) is 2.79. The molecule has 0 saturated heterocycles. The quantitative estimate of drug-likeness (QED) is 0.689. The zero-order valence-corrected chi connectivity index (χ0v) is 8.49. The van der Waals surface area contributed by atoms with E-state index in [1.807, 2.05) is 6.92 Å². The van der Waals surface area contributed by atoms with Crippen LogP contribution in [-0.4, -0.2) is 18.0 Å². The average molecular weight is 195 g/mol. The van der Waals surface area contributed by atoms with E-state index in [-0.39, 0.29) is 17.9 Å². The molecule has 14 heavy (non-hydrogen) atoms. The van der Waals surface area contributed by atoms with Gasteiger partial charge in [-0.05, 0) is 25.7 Å². The fourth-order valence-corrected chi connectivity index (χ4v) is 1.76. The molecule has 0 aliphatic heterocycles. The summed E-state index contributed by atoms with van der Waals surface area (Å²) < 4.78 is 0. The van der Waals surface area contributed by atoms with E-state index in [9.17, 15) is 4.79 Å². The van der Waals surface area contributed by atoms with Crippen molar-refractivity contribution in [2.45, 2.75) is 44.7 Å². The van der Waals surface area contributed by atoms with E-state index in [0.29, 0.717) is 6.42 Å². The Morgan fingerprint density at radius 2 is 2.43 bits per heavy atom. The number of nitrogens with one attached hydrogen (secondary N) is 1. The highest BCUT2D eigenvalue weighted by molar-refractivity contribution is 5.81. The zero-order valence-electron chi connectivity index (χ0n) is 8.49. The molecule has 3 N–H and O–H groups in total. The predicted molar refractivity (Wildman–Crippen MR) is 53.2 cm³/mol. The van der Waals surface area contributed by atoms with Gasteiger partial charge in [0.2, 0.25) is 5.91 Å². The lowest BCUT2D eigenvalue weighted by Gasteiger charge is -2.17. The van der Waals surface area contributed by atoms with Crippen molar-refractivity contribution in [1.29, 1.82) is 5.26 Å². The van der Waals surface area contributed by atoms with E-state index < -0.39 is 6.04 Å². The van der Waals surface area contributed by atoms with Crippen LogP contribution in [0.15, 0.2) is 0 Å². The monoisotopic (exact) mass is 195 g/mol. The largest absolute Gasteiger partial charge is 0.351 e. The summed E-state index contributed by atoms with van der Waals surface area (Å²) in [6, 6.07) is 1.80. The fraction of sp³-hybridized carbons (Fsp3) is 0.800. The molecule has 1 fully saturated rings. The van der Waals surface area contributed by atoms with Crippen LogP contribution >= 0.6 is 0 Å². The van der Waals surface area contributed by atoms with Crippen LogP contribution in [0.25, 0.3) is 0 Å². The number of nitrogens with zero attached hydrogens (tertiary/aromatic N) is 1. The minimum Gasteiger partial charge on any atom is -0.351 e. The minimum absolute atomic E-state index is 0.0186. The fourth-order valence-electron chi connectivity index (χ4n) is 1.76. The lowest BCUT2D eigenvalue weighted by atomic mass is 10.1. The first-order chi connectivity index (χ1) is 6.69. The molecular formula is C10H17N3O. The van der Waals surface area contributed by atoms with Crippen LogP contribution in [0, 0.1) is 17.2 Å². The molecule has 1 aliphatic rings. The molecule has 0 aromatic rings. The summed E-state index contributed by atoms with van der Waals surface area (Å²) in [5, 5.41) is 11.7. The van der Waals surface area contributed by atoms with E-state index in [2.05, 4.69) is 11.4 Å². The summed E-state index contributed by atoms with van der Waals surface area (Å²) in [7, 11) is 0. The highest BCUT2D eigenvalue weighted by Gasteiger charge is 2.29. The highest BCUT2D eigenvalue weighted by Crippen LogP contribution is 2.24. The number of nitrogens with two attached hydrogens (primary N) is 1. The van der Waals surface area contributed by atoms with E-state index in [0.717, 1.165) is 19.3 Å². The Morgan fingerprint density at radius 1 is 1.71 bits per heavy atom. The Labute approximate surface area is 84.5 Å². The summed E-state index contributed by atoms with van der Waals surface area (Å²) in [5.74, 6) is -0.150. The third kappa shape index (κ3) is 2.46. The number of amides is 1. The second-order valence-electron chi connectivity index (χ2n) is 3.80. The van der Waals surface area contributed by atoms with E-state index in [1.165, 1.54) is 0 Å². The van der Waals surface area contributed by atoms with Gasteiger partial charge in [0.1, 0.15) is 0 Å². The van der Waals surface area contributed by atoms with Crippen molar-refractivity contribution in [2.75, 3.05) is 0 Å². The average Bonchev–Trinajstić information content (AvgIpc) is 2.63. The van der Waals surface area contributed by atoms with Gasteiger partial charge in [-0.15, -0.1) is 0 Å². The molecule has 1 aliphatic carbocycles. The molecule has 4 heteroatoms. The molecule has 0 aromatic heterocycles. The van der Waals surface area contributed by atoms with Gasteiger partial charge in [0, 0.05) is 6.04 Å². The van der Waals surface area contributed by atoms with Crippen molar-refractivity contribution in [2.24, 2.45) is 11.7 Å². The molecule has 1 amide bonds. The summed E-state index contributed by atoms with van der Waals surface area (Å²) >= 11 is 0. The van der Waals surface area contributed by atoms with Crippen LogP contribution in [-0.2, 0) is 4.79 Å². The molecule has 78 valence electrons. The molecule has 0 radical (unpaired) electrons. The molecule has 0 spiro atoms. The molecule has 0 heterocycles. The first-order valence-electron chi connectivity index (χ1n) is 5.14. The van der Waals surface area contributed by atoms with Gasteiger partial charge in [-0.1, -0.05) is 6.92 Å². The molecule has 1 saturated carbocycles. The van der Waals surface area contributed by atoms with Gasteiger partial charge < -0.3 is 11.1 Å². The van der Waals surface area contributed by atoms with Crippen molar-refractivity contribution in [3.05, 3.63) is 0 Å². The molecule has 2 unspecified atom stereocenters. The van der Waals surface area contributed by atoms with E-state index in [4.69, 9.17) is 11.0 Å². The van der Waals surface area contributed by atoms with E-state index in [1.54, 1.807) is 0 Å². The first-order valence-corrected chi connectivity index (χ1v) is 5.14. The first kappa shape index (κ1) is 11.0. The minimum atomic E-state index is -0.435. The maximum atomic E-state index is 11.4. The standard InChI is InChI=1S/C10H17N3O/c1-2-8(12)10(14)13-9-5-3-4-7(9)6-11/h7-9H,2-5,12H2,1H3,(H,13,14)/t7?,8-,9?/m0/s1. The number of carbonyl (C=O) groups is 1. The lowest BCUT2D eigenvalue weighted by Crippen LogP contribution is -2.46. The van der Waals surface area contributed by atoms with Crippen LogP contribution in [0.5, 0.6) is 0 Å². The van der Waals surface area contributed by atoms with Crippen molar-refractivity contribution in [1.82, 2.24) is 5.32 Å². The Bertz CT molecular complexity index is 246.